The van der Waals surface area contributed by atoms with Crippen LogP contribution < -0.4 is 4.74 Å². The second-order valence-corrected chi connectivity index (χ2v) is 2.56. The van der Waals surface area contributed by atoms with Crippen LogP contribution >= 0.6 is 0 Å². The minimum atomic E-state index is -0.622. The smallest absolute Gasteiger partial charge is 0.333 e. The first-order chi connectivity index (χ1) is 6.72. The quantitative estimate of drug-likeness (QED) is 0.414. The summed E-state index contributed by atoms with van der Waals surface area (Å²) < 4.78 is 10.1. The van der Waals surface area contributed by atoms with Gasteiger partial charge in [0.05, 0.1) is 0 Å². The van der Waals surface area contributed by atoms with Crippen LogP contribution in [0.3, 0.4) is 0 Å². The van der Waals surface area contributed by atoms with E-state index in [4.69, 9.17) is 9.47 Å². The van der Waals surface area contributed by atoms with E-state index < -0.39 is 12.3 Å². The lowest BCUT2D eigenvalue weighted by Gasteiger charge is -2.13. The first-order valence-electron chi connectivity index (χ1n) is 4.18. The highest BCUT2D eigenvalue weighted by molar-refractivity contribution is 5.81. The number of carbonyl (C=O) groups is 1. The minimum absolute atomic E-state index is 0.500. The van der Waals surface area contributed by atoms with Gasteiger partial charge in [-0.15, -0.1) is 0 Å². The van der Waals surface area contributed by atoms with E-state index in [-0.39, 0.29) is 0 Å². The Morgan fingerprint density at radius 1 is 1.57 bits per heavy atom. The van der Waals surface area contributed by atoms with Gasteiger partial charge in [-0.25, -0.2) is 4.79 Å². The lowest BCUT2D eigenvalue weighted by atomic mass is 10.3. The molecule has 0 bridgehead atoms. The van der Waals surface area contributed by atoms with Gasteiger partial charge in [0.25, 0.3) is 0 Å². The monoisotopic (exact) mass is 191 g/mol. The molecule has 0 saturated heterocycles. The third-order valence-corrected chi connectivity index (χ3v) is 1.44. The first kappa shape index (κ1) is 10.3. The number of esters is 1. The third-order valence-electron chi connectivity index (χ3n) is 1.44. The molecule has 0 saturated carbocycles. The Bertz CT molecular complexity index is 306. The van der Waals surface area contributed by atoms with Gasteiger partial charge in [-0.1, -0.05) is 18.7 Å². The van der Waals surface area contributed by atoms with Gasteiger partial charge in [0, 0.05) is 13.0 Å². The summed E-state index contributed by atoms with van der Waals surface area (Å²) in [5.74, 6) is 0.133. The fourth-order valence-electron chi connectivity index (χ4n) is 0.878. The van der Waals surface area contributed by atoms with Crippen LogP contribution in [0, 0.1) is 6.07 Å². The van der Waals surface area contributed by atoms with Gasteiger partial charge in [-0.05, 0) is 18.2 Å². The average molecular weight is 191 g/mol. The first-order valence-corrected chi connectivity index (χ1v) is 4.18. The average Bonchev–Trinajstić information content (AvgIpc) is 2.19. The number of benzene rings is 1. The molecule has 1 aromatic carbocycles. The molecule has 0 aliphatic carbocycles. The van der Waals surface area contributed by atoms with Crippen molar-refractivity contribution in [2.24, 2.45) is 0 Å². The van der Waals surface area contributed by atoms with Crippen molar-refractivity contribution in [2.75, 3.05) is 0 Å². The number of carbonyl (C=O) groups excluding carboxylic acids is 1. The summed E-state index contributed by atoms with van der Waals surface area (Å²) in [6.07, 6.45) is 0.474. The number of hydrogen-bond acceptors (Lipinski definition) is 3. The van der Waals surface area contributed by atoms with Crippen LogP contribution in [0.15, 0.2) is 36.9 Å². The van der Waals surface area contributed by atoms with Crippen molar-refractivity contribution in [2.45, 2.75) is 13.2 Å². The molecular weight excluding hydrogens is 180 g/mol. The summed E-state index contributed by atoms with van der Waals surface area (Å²) in [7, 11) is 0. The molecule has 73 valence electrons. The van der Waals surface area contributed by atoms with Crippen LogP contribution in [0.2, 0.25) is 0 Å². The van der Waals surface area contributed by atoms with Crippen molar-refractivity contribution in [1.29, 1.82) is 0 Å². The van der Waals surface area contributed by atoms with Crippen LogP contribution in [0.25, 0.3) is 0 Å². The maximum atomic E-state index is 10.8. The van der Waals surface area contributed by atoms with E-state index in [1.165, 1.54) is 0 Å². The summed E-state index contributed by atoms with van der Waals surface area (Å²) in [6.45, 7) is 4.92. The maximum absolute atomic E-state index is 10.8. The van der Waals surface area contributed by atoms with Gasteiger partial charge in [0.2, 0.25) is 6.29 Å². The van der Waals surface area contributed by atoms with Gasteiger partial charge in [-0.2, -0.15) is 0 Å². The molecule has 1 atom stereocenters. The molecule has 1 radical (unpaired) electrons. The Hall–Kier alpha value is -1.77. The maximum Gasteiger partial charge on any atom is 0.333 e. The molecule has 1 aromatic rings. The molecule has 0 aliphatic heterocycles. The van der Waals surface area contributed by atoms with E-state index in [0.29, 0.717) is 5.75 Å². The molecule has 14 heavy (non-hydrogen) atoms. The van der Waals surface area contributed by atoms with Gasteiger partial charge in [0.1, 0.15) is 5.75 Å². The molecule has 0 spiro atoms. The fraction of sp³-hybridized carbons (Fsp3) is 0.182. The Balaban J connectivity index is 2.45. The van der Waals surface area contributed by atoms with Gasteiger partial charge >= 0.3 is 5.97 Å². The Morgan fingerprint density at radius 2 is 2.21 bits per heavy atom. The van der Waals surface area contributed by atoms with Crippen LogP contribution in [0.1, 0.15) is 6.92 Å². The van der Waals surface area contributed by atoms with Crippen molar-refractivity contribution in [1.82, 2.24) is 0 Å². The lowest BCUT2D eigenvalue weighted by molar-refractivity contribution is -0.154. The summed E-state index contributed by atoms with van der Waals surface area (Å²) in [5.41, 5.74) is 0. The molecule has 1 unspecified atom stereocenters. The number of ether oxygens (including phenoxy) is 2. The molecule has 0 fully saturated rings. The zero-order chi connectivity index (χ0) is 10.4. The number of hydrogen-bond donors (Lipinski definition) is 0. The van der Waals surface area contributed by atoms with Crippen LogP contribution in [-0.2, 0) is 9.53 Å². The molecule has 0 aromatic heterocycles. The summed E-state index contributed by atoms with van der Waals surface area (Å²) in [6, 6.07) is 9.76. The van der Waals surface area contributed by atoms with Crippen LogP contribution in [-0.4, -0.2) is 12.3 Å². The Labute approximate surface area is 83.0 Å². The lowest BCUT2D eigenvalue weighted by Crippen LogP contribution is -2.19. The van der Waals surface area contributed by atoms with Crippen molar-refractivity contribution in [3.8, 4) is 5.75 Å². The summed E-state index contributed by atoms with van der Waals surface area (Å²) in [4.78, 5) is 10.8. The van der Waals surface area contributed by atoms with Gasteiger partial charge < -0.3 is 9.47 Å². The van der Waals surface area contributed by atoms with Crippen molar-refractivity contribution >= 4 is 5.97 Å². The van der Waals surface area contributed by atoms with Crippen molar-refractivity contribution in [3.63, 3.8) is 0 Å². The van der Waals surface area contributed by atoms with E-state index in [2.05, 4.69) is 12.6 Å². The number of rotatable bonds is 4. The summed E-state index contributed by atoms with van der Waals surface area (Å²) in [5, 5.41) is 0. The molecule has 0 N–H and O–H groups in total. The van der Waals surface area contributed by atoms with Crippen LogP contribution in [0.5, 0.6) is 5.75 Å². The predicted octanol–water partition coefficient (Wildman–Crippen LogP) is 1.94. The highest BCUT2D eigenvalue weighted by atomic mass is 16.7. The fourth-order valence-corrected chi connectivity index (χ4v) is 0.878. The minimum Gasteiger partial charge on any atom is -0.455 e. The highest BCUT2D eigenvalue weighted by Crippen LogP contribution is 2.10. The molecule has 0 heterocycles. The predicted molar refractivity (Wildman–Crippen MR) is 51.7 cm³/mol. The molecular formula is C11H11O3. The van der Waals surface area contributed by atoms with E-state index >= 15 is 0 Å². The standard InChI is InChI=1S/C11H11O3/c1-3-11(12)14-9(2)13-10-7-5-4-6-8-10/h3,5-9H,1H2,2H3. The normalized spacial score (nSPS) is 11.5. The van der Waals surface area contributed by atoms with E-state index in [1.807, 2.05) is 0 Å². The zero-order valence-electron chi connectivity index (χ0n) is 7.90. The van der Waals surface area contributed by atoms with Crippen LogP contribution in [0.4, 0.5) is 0 Å². The zero-order valence-corrected chi connectivity index (χ0v) is 7.90. The molecule has 3 nitrogen and oxygen atoms in total. The Kier molecular flexibility index (Phi) is 3.73. The van der Waals surface area contributed by atoms with Gasteiger partial charge in [0.15, 0.2) is 0 Å². The van der Waals surface area contributed by atoms with Crippen molar-refractivity contribution < 1.29 is 14.3 Å². The van der Waals surface area contributed by atoms with E-state index in [9.17, 15) is 4.79 Å². The topological polar surface area (TPSA) is 35.5 Å². The molecule has 0 amide bonds. The third kappa shape index (κ3) is 3.31. The molecule has 0 aliphatic rings. The largest absolute Gasteiger partial charge is 0.455 e. The Morgan fingerprint density at radius 3 is 2.79 bits per heavy atom. The molecule has 1 rings (SSSR count). The highest BCUT2D eigenvalue weighted by Gasteiger charge is 2.06. The van der Waals surface area contributed by atoms with E-state index in [1.54, 1.807) is 31.2 Å². The second-order valence-electron chi connectivity index (χ2n) is 2.56. The van der Waals surface area contributed by atoms with Crippen molar-refractivity contribution in [3.05, 3.63) is 43.0 Å². The molecule has 3 heteroatoms. The SMILES string of the molecule is C=CC(=O)OC(C)Oc1cc[c]cc1. The van der Waals surface area contributed by atoms with E-state index in [0.717, 1.165) is 6.08 Å². The van der Waals surface area contributed by atoms with Gasteiger partial charge in [-0.3, -0.25) is 0 Å². The second kappa shape index (κ2) is 5.07. The summed E-state index contributed by atoms with van der Waals surface area (Å²) >= 11 is 0.